The Labute approximate surface area is 269 Å². The highest BCUT2D eigenvalue weighted by Crippen LogP contribution is 2.37. The molecule has 2 aliphatic heterocycles. The second-order valence-corrected chi connectivity index (χ2v) is 13.2. The van der Waals surface area contributed by atoms with E-state index in [2.05, 4.69) is 53.8 Å². The standard InChI is InChI=1S/C34H44FN9O2/c1-22-28(21-37-41(22)3)32-31(35)27(10-13-36-32)33(46)39-34-38-29-9-6-25(20-30(29)44(34)24-4-7-26(45)8-5-24)42-14-11-23(12-15-42)43-18-16-40(2)17-19-43/h6,9-10,13,20-21,23-24,26,45H,4-5,7-8,11-12,14-19H2,1-3H3,(H,38,39,46)/t24-,26+. The molecule has 0 unspecified atom stereocenters. The monoisotopic (exact) mass is 629 g/mol. The highest BCUT2D eigenvalue weighted by Gasteiger charge is 2.30. The molecular weight excluding hydrogens is 585 g/mol. The molecule has 244 valence electrons. The number of pyridine rings is 1. The van der Waals surface area contributed by atoms with Crippen molar-refractivity contribution >= 4 is 28.6 Å². The van der Waals surface area contributed by atoms with Crippen molar-refractivity contribution in [2.45, 2.75) is 63.6 Å². The van der Waals surface area contributed by atoms with Gasteiger partial charge in [0, 0.05) is 81.5 Å². The number of rotatable bonds is 6. The molecule has 0 bridgehead atoms. The number of aliphatic hydroxyl groups excluding tert-OH is 1. The number of aromatic nitrogens is 5. The number of piperidine rings is 1. The summed E-state index contributed by atoms with van der Waals surface area (Å²) in [6, 6.07) is 8.42. The van der Waals surface area contributed by atoms with Crippen LogP contribution in [0.15, 0.2) is 36.7 Å². The summed E-state index contributed by atoms with van der Waals surface area (Å²) >= 11 is 0. The van der Waals surface area contributed by atoms with Crippen molar-refractivity contribution in [3.8, 4) is 11.3 Å². The number of benzene rings is 1. The molecule has 11 nitrogen and oxygen atoms in total. The Morgan fingerprint density at radius 1 is 0.957 bits per heavy atom. The minimum atomic E-state index is -0.693. The van der Waals surface area contributed by atoms with E-state index in [1.807, 2.05) is 13.0 Å². The number of fused-ring (bicyclic) bond motifs is 1. The first kappa shape index (κ1) is 30.8. The number of hydrogen-bond acceptors (Lipinski definition) is 8. The molecule has 7 rings (SSSR count). The fourth-order valence-corrected chi connectivity index (χ4v) is 7.44. The molecule has 4 aromatic rings. The number of halogens is 1. The van der Waals surface area contributed by atoms with E-state index >= 15 is 4.39 Å². The van der Waals surface area contributed by atoms with E-state index in [9.17, 15) is 9.90 Å². The molecule has 2 N–H and O–H groups in total. The maximum Gasteiger partial charge on any atom is 0.261 e. The average molecular weight is 630 g/mol. The quantitative estimate of drug-likeness (QED) is 0.327. The fourth-order valence-electron chi connectivity index (χ4n) is 7.44. The second kappa shape index (κ2) is 12.7. The number of imidazole rings is 1. The van der Waals surface area contributed by atoms with Crippen LogP contribution in [0.25, 0.3) is 22.3 Å². The molecule has 12 heteroatoms. The molecule has 5 heterocycles. The molecule has 1 aliphatic carbocycles. The van der Waals surface area contributed by atoms with Crippen LogP contribution >= 0.6 is 0 Å². The number of carbonyl (C=O) groups is 1. The number of likely N-dealkylation sites (N-methyl/N-ethyl adjacent to an activating group) is 1. The lowest BCUT2D eigenvalue weighted by Gasteiger charge is -2.42. The maximum absolute atomic E-state index is 15.8. The number of anilines is 2. The first-order chi connectivity index (χ1) is 22.3. The molecule has 1 saturated carbocycles. The predicted octanol–water partition coefficient (Wildman–Crippen LogP) is 4.22. The van der Waals surface area contributed by atoms with Crippen molar-refractivity contribution in [2.75, 3.05) is 56.5 Å². The van der Waals surface area contributed by atoms with Crippen LogP contribution < -0.4 is 10.2 Å². The second-order valence-electron chi connectivity index (χ2n) is 13.2. The van der Waals surface area contributed by atoms with Gasteiger partial charge in [-0.25, -0.2) is 9.37 Å². The number of aliphatic hydroxyl groups is 1. The van der Waals surface area contributed by atoms with Gasteiger partial charge in [0.05, 0.1) is 28.9 Å². The van der Waals surface area contributed by atoms with Crippen molar-refractivity contribution in [1.82, 2.24) is 34.1 Å². The van der Waals surface area contributed by atoms with Crippen LogP contribution in [0.5, 0.6) is 0 Å². The smallest absolute Gasteiger partial charge is 0.261 e. The molecule has 46 heavy (non-hydrogen) atoms. The molecule has 0 radical (unpaired) electrons. The van der Waals surface area contributed by atoms with Gasteiger partial charge >= 0.3 is 0 Å². The van der Waals surface area contributed by atoms with Gasteiger partial charge in [0.2, 0.25) is 5.95 Å². The molecule has 3 aromatic heterocycles. The summed E-state index contributed by atoms with van der Waals surface area (Å²) in [5.74, 6) is -0.884. The van der Waals surface area contributed by atoms with Gasteiger partial charge in [0.15, 0.2) is 5.82 Å². The molecule has 1 aromatic carbocycles. The zero-order valence-corrected chi connectivity index (χ0v) is 27.0. The third-order valence-corrected chi connectivity index (χ3v) is 10.4. The molecule has 3 fully saturated rings. The number of amides is 1. The first-order valence-corrected chi connectivity index (χ1v) is 16.6. The van der Waals surface area contributed by atoms with E-state index < -0.39 is 11.7 Å². The lowest BCUT2D eigenvalue weighted by molar-refractivity contribution is 0.0982. The van der Waals surface area contributed by atoms with Gasteiger partial charge in [-0.05, 0) is 76.8 Å². The van der Waals surface area contributed by atoms with E-state index in [0.717, 1.165) is 87.4 Å². The summed E-state index contributed by atoms with van der Waals surface area (Å²) in [4.78, 5) is 30.3. The van der Waals surface area contributed by atoms with Crippen molar-refractivity contribution in [2.24, 2.45) is 7.05 Å². The molecule has 0 spiro atoms. The number of piperazine rings is 1. The minimum absolute atomic E-state index is 0.0535. The van der Waals surface area contributed by atoms with Gasteiger partial charge < -0.3 is 19.5 Å². The van der Waals surface area contributed by atoms with E-state index in [4.69, 9.17) is 4.98 Å². The summed E-state index contributed by atoms with van der Waals surface area (Å²) in [7, 11) is 3.98. The molecular formula is C34H44FN9O2. The molecule has 1 amide bonds. The van der Waals surface area contributed by atoms with Gasteiger partial charge in [-0.2, -0.15) is 5.10 Å². The average Bonchev–Trinajstić information content (AvgIpc) is 3.59. The van der Waals surface area contributed by atoms with Crippen LogP contribution in [0, 0.1) is 12.7 Å². The lowest BCUT2D eigenvalue weighted by Crippen LogP contribution is -2.52. The van der Waals surface area contributed by atoms with E-state index in [-0.39, 0.29) is 23.4 Å². The molecule has 2 saturated heterocycles. The van der Waals surface area contributed by atoms with Gasteiger partial charge in [-0.3, -0.25) is 24.7 Å². The van der Waals surface area contributed by atoms with Gasteiger partial charge in [0.1, 0.15) is 5.69 Å². The number of hydrogen-bond donors (Lipinski definition) is 2. The topological polar surface area (TPSA) is 108 Å². The van der Waals surface area contributed by atoms with Crippen LogP contribution in [0.3, 0.4) is 0 Å². The number of aryl methyl sites for hydroxylation is 1. The van der Waals surface area contributed by atoms with Crippen molar-refractivity contribution in [1.29, 1.82) is 0 Å². The summed E-state index contributed by atoms with van der Waals surface area (Å²) in [6.45, 7) is 8.39. The highest BCUT2D eigenvalue weighted by molar-refractivity contribution is 6.05. The van der Waals surface area contributed by atoms with Crippen LogP contribution in [-0.4, -0.2) is 104 Å². The van der Waals surface area contributed by atoms with Crippen molar-refractivity contribution in [3.63, 3.8) is 0 Å². The van der Waals surface area contributed by atoms with Crippen LogP contribution in [0.2, 0.25) is 0 Å². The predicted molar refractivity (Wildman–Crippen MR) is 177 cm³/mol. The normalized spacial score (nSPS) is 22.1. The zero-order chi connectivity index (χ0) is 31.9. The van der Waals surface area contributed by atoms with Crippen LogP contribution in [-0.2, 0) is 7.05 Å². The van der Waals surface area contributed by atoms with E-state index in [1.54, 1.807) is 17.9 Å². The SMILES string of the molecule is Cc1c(-c2nccc(C(=O)Nc3nc4ccc(N5CCC(N6CCN(C)CC6)CC5)cc4n3[C@H]3CC[C@@H](O)CC3)c2F)cnn1C. The maximum atomic E-state index is 15.8. The largest absolute Gasteiger partial charge is 0.393 e. The Hall–Kier alpha value is -3.87. The lowest BCUT2D eigenvalue weighted by atomic mass is 9.93. The number of nitrogens with one attached hydrogen (secondary N) is 1. The first-order valence-electron chi connectivity index (χ1n) is 16.6. The number of nitrogens with zero attached hydrogens (tertiary/aromatic N) is 8. The van der Waals surface area contributed by atoms with E-state index in [1.165, 1.54) is 12.3 Å². The van der Waals surface area contributed by atoms with Gasteiger partial charge in [-0.15, -0.1) is 0 Å². The highest BCUT2D eigenvalue weighted by atomic mass is 19.1. The Morgan fingerprint density at radius 2 is 1.70 bits per heavy atom. The van der Waals surface area contributed by atoms with Gasteiger partial charge in [0.25, 0.3) is 5.91 Å². The van der Waals surface area contributed by atoms with Crippen LogP contribution in [0.1, 0.15) is 60.6 Å². The van der Waals surface area contributed by atoms with E-state index in [0.29, 0.717) is 30.4 Å². The van der Waals surface area contributed by atoms with Crippen molar-refractivity contribution < 1.29 is 14.3 Å². The summed E-state index contributed by atoms with van der Waals surface area (Å²) < 4.78 is 19.6. The molecule has 3 aliphatic rings. The third kappa shape index (κ3) is 5.89. The Bertz CT molecular complexity index is 1710. The van der Waals surface area contributed by atoms with Crippen molar-refractivity contribution in [3.05, 3.63) is 53.7 Å². The summed E-state index contributed by atoms with van der Waals surface area (Å²) in [5, 5.41) is 17.4. The zero-order valence-electron chi connectivity index (χ0n) is 27.0. The fraction of sp³-hybridized carbons (Fsp3) is 0.529. The Kier molecular flexibility index (Phi) is 8.51. The van der Waals surface area contributed by atoms with Gasteiger partial charge in [-0.1, -0.05) is 0 Å². The number of carbonyl (C=O) groups excluding carboxylic acids is 1. The summed E-state index contributed by atoms with van der Waals surface area (Å²) in [6.07, 6.45) is 7.88. The third-order valence-electron chi connectivity index (χ3n) is 10.4. The Balaban J connectivity index is 1.16. The van der Waals surface area contributed by atoms with Crippen LogP contribution in [0.4, 0.5) is 16.0 Å². The minimum Gasteiger partial charge on any atom is -0.393 e. The molecule has 0 atom stereocenters. The summed E-state index contributed by atoms with van der Waals surface area (Å²) in [5.41, 5.74) is 4.16. The Morgan fingerprint density at radius 3 is 2.39 bits per heavy atom.